The Kier molecular flexibility index (Phi) is 5.76. The standard InChI is InChI=1S/C21H15Cl2N3O3S/c1-11(14-7-6-13(22)9-16(14)23)25-26-21-24-17(10-30-21)15-8-12-4-3-5-18(28-2)19(12)29-20(15)27/h3-10H,1-2H3,(H,24,26)/b25-11-. The lowest BCUT2D eigenvalue weighted by Gasteiger charge is -2.05. The lowest BCUT2D eigenvalue weighted by atomic mass is 10.1. The van der Waals surface area contributed by atoms with Crippen molar-refractivity contribution in [3.05, 3.63) is 73.9 Å². The number of hydrogen-bond donors (Lipinski definition) is 1. The van der Waals surface area contributed by atoms with Crippen LogP contribution in [-0.2, 0) is 0 Å². The van der Waals surface area contributed by atoms with Crippen LogP contribution in [0, 0.1) is 0 Å². The van der Waals surface area contributed by atoms with Crippen LogP contribution in [0.1, 0.15) is 12.5 Å². The van der Waals surface area contributed by atoms with Crippen molar-refractivity contribution in [2.24, 2.45) is 5.10 Å². The summed E-state index contributed by atoms with van der Waals surface area (Å²) < 4.78 is 10.7. The minimum absolute atomic E-state index is 0.363. The summed E-state index contributed by atoms with van der Waals surface area (Å²) in [6.07, 6.45) is 0. The van der Waals surface area contributed by atoms with Crippen molar-refractivity contribution >= 4 is 56.4 Å². The number of rotatable bonds is 5. The number of para-hydroxylation sites is 1. The maximum Gasteiger partial charge on any atom is 0.345 e. The number of benzene rings is 2. The van der Waals surface area contributed by atoms with Gasteiger partial charge in [0.1, 0.15) is 0 Å². The number of fused-ring (bicyclic) bond motifs is 1. The maximum atomic E-state index is 12.5. The Morgan fingerprint density at radius 1 is 1.23 bits per heavy atom. The lowest BCUT2D eigenvalue weighted by molar-refractivity contribution is 0.407. The van der Waals surface area contributed by atoms with Gasteiger partial charge in [0.15, 0.2) is 11.3 Å². The fourth-order valence-corrected chi connectivity index (χ4v) is 4.08. The molecule has 4 aromatic rings. The molecule has 0 spiro atoms. The van der Waals surface area contributed by atoms with Crippen LogP contribution in [0.15, 0.2) is 62.2 Å². The van der Waals surface area contributed by atoms with E-state index in [1.807, 2.05) is 19.1 Å². The van der Waals surface area contributed by atoms with Gasteiger partial charge in [-0.3, -0.25) is 5.43 Å². The highest BCUT2D eigenvalue weighted by Gasteiger charge is 2.14. The Morgan fingerprint density at radius 3 is 2.83 bits per heavy atom. The second kappa shape index (κ2) is 8.47. The summed E-state index contributed by atoms with van der Waals surface area (Å²) in [7, 11) is 1.53. The number of thiazole rings is 1. The van der Waals surface area contributed by atoms with E-state index in [-0.39, 0.29) is 0 Å². The maximum absolute atomic E-state index is 12.5. The number of hydrogen-bond acceptors (Lipinski definition) is 7. The van der Waals surface area contributed by atoms with E-state index >= 15 is 0 Å². The molecule has 2 aromatic carbocycles. The minimum Gasteiger partial charge on any atom is -0.493 e. The van der Waals surface area contributed by atoms with E-state index in [2.05, 4.69) is 15.5 Å². The third-order valence-electron chi connectivity index (χ3n) is 4.36. The molecule has 2 aromatic heterocycles. The predicted octanol–water partition coefficient (Wildman–Crippen LogP) is 6.07. The Morgan fingerprint density at radius 2 is 2.07 bits per heavy atom. The average molecular weight is 460 g/mol. The van der Waals surface area contributed by atoms with Crippen LogP contribution in [0.25, 0.3) is 22.2 Å². The molecule has 0 bridgehead atoms. The van der Waals surface area contributed by atoms with E-state index in [9.17, 15) is 4.79 Å². The average Bonchev–Trinajstić information content (AvgIpc) is 3.20. The minimum atomic E-state index is -0.489. The van der Waals surface area contributed by atoms with Gasteiger partial charge in [-0.05, 0) is 31.2 Å². The van der Waals surface area contributed by atoms with Gasteiger partial charge in [-0.2, -0.15) is 5.10 Å². The first-order valence-corrected chi connectivity index (χ1v) is 10.4. The largest absolute Gasteiger partial charge is 0.493 e. The van der Waals surface area contributed by atoms with Crippen molar-refractivity contribution < 1.29 is 9.15 Å². The molecule has 152 valence electrons. The van der Waals surface area contributed by atoms with Crippen LogP contribution >= 0.6 is 34.5 Å². The molecule has 0 aliphatic rings. The molecule has 2 heterocycles. The van der Waals surface area contributed by atoms with Gasteiger partial charge in [-0.15, -0.1) is 11.3 Å². The first-order chi connectivity index (χ1) is 14.5. The predicted molar refractivity (Wildman–Crippen MR) is 122 cm³/mol. The second-order valence-corrected chi connectivity index (χ2v) is 8.00. The molecule has 6 nitrogen and oxygen atoms in total. The van der Waals surface area contributed by atoms with Gasteiger partial charge < -0.3 is 9.15 Å². The van der Waals surface area contributed by atoms with Crippen LogP contribution in [0.2, 0.25) is 10.0 Å². The van der Waals surface area contributed by atoms with Crippen LogP contribution in [-0.4, -0.2) is 17.8 Å². The van der Waals surface area contributed by atoms with Gasteiger partial charge in [-0.25, -0.2) is 9.78 Å². The van der Waals surface area contributed by atoms with E-state index in [0.717, 1.165) is 10.9 Å². The number of nitrogens with zero attached hydrogens (tertiary/aromatic N) is 2. The van der Waals surface area contributed by atoms with Crippen molar-refractivity contribution in [1.29, 1.82) is 0 Å². The van der Waals surface area contributed by atoms with Crippen LogP contribution in [0.5, 0.6) is 5.75 Å². The smallest absolute Gasteiger partial charge is 0.345 e. The van der Waals surface area contributed by atoms with Gasteiger partial charge in [0, 0.05) is 21.4 Å². The third kappa shape index (κ3) is 4.05. The Hall–Kier alpha value is -2.87. The molecule has 9 heteroatoms. The number of hydrazone groups is 1. The summed E-state index contributed by atoms with van der Waals surface area (Å²) >= 11 is 13.5. The summed E-state index contributed by atoms with van der Waals surface area (Å²) in [4.78, 5) is 16.9. The zero-order valence-electron chi connectivity index (χ0n) is 15.9. The summed E-state index contributed by atoms with van der Waals surface area (Å²) in [5.41, 5.74) is 5.11. The number of halogens is 2. The Balaban J connectivity index is 1.61. The number of methoxy groups -OCH3 is 1. The molecule has 0 radical (unpaired) electrons. The molecule has 0 fully saturated rings. The molecule has 0 saturated heterocycles. The van der Waals surface area contributed by atoms with Gasteiger partial charge in [0.2, 0.25) is 5.13 Å². The SMILES string of the molecule is COc1cccc2cc(-c3csc(N/N=C(/C)c4ccc(Cl)cc4Cl)n3)c(=O)oc12. The first kappa shape index (κ1) is 20.4. The molecule has 0 atom stereocenters. The molecule has 30 heavy (non-hydrogen) atoms. The van der Waals surface area contributed by atoms with Crippen molar-refractivity contribution in [3.8, 4) is 17.0 Å². The fourth-order valence-electron chi connectivity index (χ4n) is 2.88. The second-order valence-electron chi connectivity index (χ2n) is 6.30. The summed E-state index contributed by atoms with van der Waals surface area (Å²) in [6, 6.07) is 12.4. The normalized spacial score (nSPS) is 11.7. The van der Waals surface area contributed by atoms with Crippen LogP contribution in [0.4, 0.5) is 5.13 Å². The molecule has 1 N–H and O–H groups in total. The number of anilines is 1. The molecule has 0 amide bonds. The van der Waals surface area contributed by atoms with Crippen molar-refractivity contribution in [2.75, 3.05) is 12.5 Å². The van der Waals surface area contributed by atoms with E-state index < -0.39 is 5.63 Å². The zero-order chi connectivity index (χ0) is 21.3. The highest BCUT2D eigenvalue weighted by atomic mass is 35.5. The fraction of sp³-hybridized carbons (Fsp3) is 0.0952. The zero-order valence-corrected chi connectivity index (χ0v) is 18.2. The molecular formula is C21H15Cl2N3O3S. The number of ether oxygens (including phenoxy) is 1. The van der Waals surface area contributed by atoms with Crippen molar-refractivity contribution in [1.82, 2.24) is 4.98 Å². The summed E-state index contributed by atoms with van der Waals surface area (Å²) in [5.74, 6) is 0.502. The van der Waals surface area contributed by atoms with Gasteiger partial charge >= 0.3 is 5.63 Å². The Labute approximate surface area is 185 Å². The molecule has 0 unspecified atom stereocenters. The van der Waals surface area contributed by atoms with Crippen LogP contribution in [0.3, 0.4) is 0 Å². The highest BCUT2D eigenvalue weighted by Crippen LogP contribution is 2.29. The number of aromatic nitrogens is 1. The van der Waals surface area contributed by atoms with Gasteiger partial charge in [-0.1, -0.05) is 41.4 Å². The van der Waals surface area contributed by atoms with Crippen molar-refractivity contribution in [3.63, 3.8) is 0 Å². The lowest BCUT2D eigenvalue weighted by Crippen LogP contribution is -2.04. The topological polar surface area (TPSA) is 76.7 Å². The summed E-state index contributed by atoms with van der Waals surface area (Å²) in [5, 5.41) is 8.43. The molecular weight excluding hydrogens is 445 g/mol. The first-order valence-electron chi connectivity index (χ1n) is 8.79. The van der Waals surface area contributed by atoms with E-state index in [4.69, 9.17) is 32.4 Å². The quantitative estimate of drug-likeness (QED) is 0.222. The van der Waals surface area contributed by atoms with E-state index in [1.54, 1.807) is 35.7 Å². The van der Waals surface area contributed by atoms with E-state index in [1.165, 1.54) is 18.4 Å². The molecule has 0 aliphatic heterocycles. The Bertz CT molecular complexity index is 1330. The van der Waals surface area contributed by atoms with Gasteiger partial charge in [0.05, 0.1) is 29.1 Å². The van der Waals surface area contributed by atoms with E-state index in [0.29, 0.717) is 43.5 Å². The highest BCUT2D eigenvalue weighted by molar-refractivity contribution is 7.14. The van der Waals surface area contributed by atoms with Gasteiger partial charge in [0.25, 0.3) is 0 Å². The number of nitrogens with one attached hydrogen (secondary N) is 1. The monoisotopic (exact) mass is 459 g/mol. The molecule has 0 saturated carbocycles. The van der Waals surface area contributed by atoms with Crippen molar-refractivity contribution in [2.45, 2.75) is 6.92 Å². The third-order valence-corrected chi connectivity index (χ3v) is 5.66. The summed E-state index contributed by atoms with van der Waals surface area (Å²) in [6.45, 7) is 1.82. The van der Waals surface area contributed by atoms with Crippen LogP contribution < -0.4 is 15.8 Å². The molecule has 4 rings (SSSR count). The molecule has 0 aliphatic carbocycles.